The predicted octanol–water partition coefficient (Wildman–Crippen LogP) is 3.44. The summed E-state index contributed by atoms with van der Waals surface area (Å²) in [5.41, 5.74) is 4.22. The van der Waals surface area contributed by atoms with E-state index in [0.717, 1.165) is 17.8 Å². The van der Waals surface area contributed by atoms with Crippen molar-refractivity contribution in [2.45, 2.75) is 17.5 Å². The van der Waals surface area contributed by atoms with Crippen LogP contribution in [0.2, 0.25) is 0 Å². The Morgan fingerprint density at radius 2 is 2.06 bits per heavy atom. The number of hydrogen-bond acceptors (Lipinski definition) is 2. The number of benzene rings is 1. The highest BCUT2D eigenvalue weighted by atomic mass is 79.9. The van der Waals surface area contributed by atoms with Crippen LogP contribution in [-0.2, 0) is 11.0 Å². The van der Waals surface area contributed by atoms with E-state index in [0.29, 0.717) is 4.47 Å². The van der Waals surface area contributed by atoms with Gasteiger partial charge in [-0.25, -0.2) is 0 Å². The van der Waals surface area contributed by atoms with Crippen LogP contribution in [0.5, 0.6) is 0 Å². The number of hydrogen-bond donors (Lipinski definition) is 1. The molecule has 0 aliphatic rings. The fourth-order valence-corrected chi connectivity index (χ4v) is 2.49. The van der Waals surface area contributed by atoms with E-state index in [1.807, 2.05) is 0 Å². The molecule has 0 saturated heterocycles. The van der Waals surface area contributed by atoms with Gasteiger partial charge in [-0.15, -0.1) is 11.8 Å². The number of thioether (sulfide) groups is 1. The Bertz CT molecular complexity index is 423. The molecule has 7 heteroatoms. The van der Waals surface area contributed by atoms with Crippen LogP contribution in [0.15, 0.2) is 27.6 Å². The molecule has 0 aromatic heterocycles. The van der Waals surface area contributed by atoms with E-state index in [4.69, 9.17) is 5.73 Å². The molecule has 0 aliphatic heterocycles. The Morgan fingerprint density at radius 1 is 1.41 bits per heavy atom. The molecular weight excluding hydrogens is 319 g/mol. The molecule has 1 amide bonds. The first kappa shape index (κ1) is 14.4. The first-order chi connectivity index (χ1) is 7.80. The van der Waals surface area contributed by atoms with Gasteiger partial charge in [0, 0.05) is 21.5 Å². The molecular formula is C10H9BrF3NOS. The Morgan fingerprint density at radius 3 is 2.59 bits per heavy atom. The third-order valence-corrected chi connectivity index (χ3v) is 3.42. The van der Waals surface area contributed by atoms with Gasteiger partial charge in [0.05, 0.1) is 5.56 Å². The van der Waals surface area contributed by atoms with Gasteiger partial charge in [0.1, 0.15) is 0 Å². The lowest BCUT2D eigenvalue weighted by atomic mass is 10.2. The Labute approximate surface area is 109 Å². The molecule has 0 bridgehead atoms. The third-order valence-electron chi connectivity index (χ3n) is 1.85. The van der Waals surface area contributed by atoms with Gasteiger partial charge in [-0.3, -0.25) is 4.79 Å². The van der Waals surface area contributed by atoms with Crippen molar-refractivity contribution in [1.29, 1.82) is 0 Å². The highest BCUT2D eigenvalue weighted by Crippen LogP contribution is 2.38. The number of primary amides is 1. The van der Waals surface area contributed by atoms with Crippen LogP contribution in [-0.4, -0.2) is 11.7 Å². The smallest absolute Gasteiger partial charge is 0.370 e. The number of carbonyl (C=O) groups excluding carboxylic acids is 1. The molecule has 1 aromatic carbocycles. The topological polar surface area (TPSA) is 43.1 Å². The van der Waals surface area contributed by atoms with Crippen molar-refractivity contribution in [1.82, 2.24) is 0 Å². The van der Waals surface area contributed by atoms with E-state index in [9.17, 15) is 18.0 Å². The molecule has 2 nitrogen and oxygen atoms in total. The van der Waals surface area contributed by atoms with Crippen molar-refractivity contribution in [2.24, 2.45) is 5.73 Å². The van der Waals surface area contributed by atoms with Crippen molar-refractivity contribution < 1.29 is 18.0 Å². The third kappa shape index (κ3) is 4.59. The zero-order valence-corrected chi connectivity index (χ0v) is 11.0. The quantitative estimate of drug-likeness (QED) is 0.861. The monoisotopic (exact) mass is 327 g/mol. The summed E-state index contributed by atoms with van der Waals surface area (Å²) >= 11 is 3.97. The number of rotatable bonds is 4. The number of amides is 1. The summed E-state index contributed by atoms with van der Waals surface area (Å²) in [6.45, 7) is 0. The second-order valence-electron chi connectivity index (χ2n) is 3.20. The molecule has 0 atom stereocenters. The molecule has 94 valence electrons. The highest BCUT2D eigenvalue weighted by Gasteiger charge is 2.33. The number of alkyl halides is 3. The normalized spacial score (nSPS) is 11.5. The zero-order valence-electron chi connectivity index (χ0n) is 8.55. The van der Waals surface area contributed by atoms with Crippen molar-refractivity contribution in [3.05, 3.63) is 28.2 Å². The number of nitrogens with two attached hydrogens (primary N) is 1. The van der Waals surface area contributed by atoms with Crippen molar-refractivity contribution >= 4 is 33.6 Å². The van der Waals surface area contributed by atoms with Gasteiger partial charge in [-0.1, -0.05) is 15.9 Å². The molecule has 0 unspecified atom stereocenters. The lowest BCUT2D eigenvalue weighted by Gasteiger charge is -2.12. The molecule has 1 rings (SSSR count). The summed E-state index contributed by atoms with van der Waals surface area (Å²) in [4.78, 5) is 10.6. The second kappa shape index (κ2) is 5.77. The second-order valence-corrected chi connectivity index (χ2v) is 5.26. The summed E-state index contributed by atoms with van der Waals surface area (Å²) < 4.78 is 38.4. The average molecular weight is 328 g/mol. The minimum absolute atomic E-state index is 0.0536. The van der Waals surface area contributed by atoms with Gasteiger partial charge in [0.2, 0.25) is 5.91 Å². The fraction of sp³-hybridized carbons (Fsp3) is 0.300. The number of halogens is 4. The largest absolute Gasteiger partial charge is 0.417 e. The van der Waals surface area contributed by atoms with Crippen LogP contribution in [0, 0.1) is 0 Å². The van der Waals surface area contributed by atoms with Gasteiger partial charge in [0.25, 0.3) is 0 Å². The summed E-state index contributed by atoms with van der Waals surface area (Å²) in [6, 6.07) is 3.92. The SMILES string of the molecule is NC(=O)CCSc1ccc(Br)cc1C(F)(F)F. The molecule has 1 aromatic rings. The van der Waals surface area contributed by atoms with Gasteiger partial charge >= 0.3 is 6.18 Å². The molecule has 17 heavy (non-hydrogen) atoms. The lowest BCUT2D eigenvalue weighted by molar-refractivity contribution is -0.139. The van der Waals surface area contributed by atoms with Crippen LogP contribution in [0.25, 0.3) is 0 Å². The standard InChI is InChI=1S/C10H9BrF3NOS/c11-6-1-2-8(17-4-3-9(15)16)7(5-6)10(12,13)14/h1-2,5H,3-4H2,(H2,15,16). The van der Waals surface area contributed by atoms with Crippen LogP contribution < -0.4 is 5.73 Å². The minimum atomic E-state index is -4.40. The lowest BCUT2D eigenvalue weighted by Crippen LogP contribution is -2.11. The van der Waals surface area contributed by atoms with Crippen LogP contribution in [0.4, 0.5) is 13.2 Å². The van der Waals surface area contributed by atoms with E-state index in [1.165, 1.54) is 12.1 Å². The zero-order chi connectivity index (χ0) is 13.1. The maximum atomic E-state index is 12.7. The first-order valence-electron chi connectivity index (χ1n) is 4.58. The first-order valence-corrected chi connectivity index (χ1v) is 6.36. The maximum absolute atomic E-state index is 12.7. The van der Waals surface area contributed by atoms with Gasteiger partial charge in [-0.2, -0.15) is 13.2 Å². The van der Waals surface area contributed by atoms with Crippen LogP contribution in [0.1, 0.15) is 12.0 Å². The van der Waals surface area contributed by atoms with E-state index < -0.39 is 17.6 Å². The van der Waals surface area contributed by atoms with E-state index >= 15 is 0 Å². The summed E-state index contributed by atoms with van der Waals surface area (Å²) in [5, 5.41) is 0. The molecule has 0 fully saturated rings. The van der Waals surface area contributed by atoms with Crippen LogP contribution >= 0.6 is 27.7 Å². The average Bonchev–Trinajstić information content (AvgIpc) is 2.18. The summed E-state index contributed by atoms with van der Waals surface area (Å²) in [6.07, 6.45) is -4.35. The Hall–Kier alpha value is -0.690. The molecule has 0 heterocycles. The van der Waals surface area contributed by atoms with Crippen LogP contribution in [0.3, 0.4) is 0 Å². The molecule has 2 N–H and O–H groups in total. The van der Waals surface area contributed by atoms with Gasteiger partial charge in [0.15, 0.2) is 0 Å². The highest BCUT2D eigenvalue weighted by molar-refractivity contribution is 9.10. The van der Waals surface area contributed by atoms with Crippen molar-refractivity contribution in [3.63, 3.8) is 0 Å². The minimum Gasteiger partial charge on any atom is -0.370 e. The van der Waals surface area contributed by atoms with Crippen molar-refractivity contribution in [3.8, 4) is 0 Å². The number of carbonyl (C=O) groups is 1. The maximum Gasteiger partial charge on any atom is 0.417 e. The van der Waals surface area contributed by atoms with E-state index in [-0.39, 0.29) is 17.1 Å². The van der Waals surface area contributed by atoms with E-state index in [2.05, 4.69) is 15.9 Å². The molecule has 0 aliphatic carbocycles. The molecule has 0 radical (unpaired) electrons. The Balaban J connectivity index is 2.87. The van der Waals surface area contributed by atoms with Gasteiger partial charge < -0.3 is 5.73 Å². The molecule has 0 spiro atoms. The summed E-state index contributed by atoms with van der Waals surface area (Å²) in [7, 11) is 0. The molecule has 0 saturated carbocycles. The van der Waals surface area contributed by atoms with Gasteiger partial charge in [-0.05, 0) is 18.2 Å². The fourth-order valence-electron chi connectivity index (χ4n) is 1.11. The Kier molecular flexibility index (Phi) is 4.88. The summed E-state index contributed by atoms with van der Waals surface area (Å²) in [5.74, 6) is -0.289. The predicted molar refractivity (Wildman–Crippen MR) is 63.7 cm³/mol. The van der Waals surface area contributed by atoms with E-state index in [1.54, 1.807) is 0 Å². The van der Waals surface area contributed by atoms with Crippen molar-refractivity contribution in [2.75, 3.05) is 5.75 Å².